The second kappa shape index (κ2) is 6.07. The second-order valence-corrected chi connectivity index (χ2v) is 5.51. The Kier molecular flexibility index (Phi) is 4.42. The van der Waals surface area contributed by atoms with Gasteiger partial charge in [-0.25, -0.2) is 0 Å². The van der Waals surface area contributed by atoms with Crippen LogP contribution in [0.3, 0.4) is 0 Å². The quantitative estimate of drug-likeness (QED) is 0.900. The van der Waals surface area contributed by atoms with Gasteiger partial charge in [0.2, 0.25) is 5.91 Å². The summed E-state index contributed by atoms with van der Waals surface area (Å²) in [5.41, 5.74) is 0.811. The first kappa shape index (κ1) is 14.6. The SMILES string of the molecule is CN(Cc1ccn(C)n1)C(=O)[C@H]1CCCC[C@@H]1C(=O)O. The maximum Gasteiger partial charge on any atom is 0.307 e. The molecule has 1 saturated carbocycles. The lowest BCUT2D eigenvalue weighted by Crippen LogP contribution is -2.40. The van der Waals surface area contributed by atoms with Crippen LogP contribution in [0.1, 0.15) is 31.4 Å². The van der Waals surface area contributed by atoms with Crippen LogP contribution in [0.2, 0.25) is 0 Å². The third-order valence-corrected chi connectivity index (χ3v) is 3.94. The number of rotatable bonds is 4. The molecule has 110 valence electrons. The molecule has 0 spiro atoms. The normalized spacial score (nSPS) is 22.5. The van der Waals surface area contributed by atoms with Crippen molar-refractivity contribution >= 4 is 11.9 Å². The number of aryl methyl sites for hydroxylation is 1. The van der Waals surface area contributed by atoms with E-state index in [0.29, 0.717) is 19.4 Å². The van der Waals surface area contributed by atoms with Gasteiger partial charge in [-0.3, -0.25) is 14.3 Å². The first-order chi connectivity index (χ1) is 9.49. The van der Waals surface area contributed by atoms with Gasteiger partial charge in [0.25, 0.3) is 0 Å². The molecule has 1 aromatic heterocycles. The predicted octanol–water partition coefficient (Wildman–Crippen LogP) is 1.27. The number of amides is 1. The van der Waals surface area contributed by atoms with E-state index in [4.69, 9.17) is 0 Å². The summed E-state index contributed by atoms with van der Waals surface area (Å²) >= 11 is 0. The zero-order chi connectivity index (χ0) is 14.7. The van der Waals surface area contributed by atoms with Crippen LogP contribution in [-0.4, -0.2) is 38.7 Å². The fraction of sp³-hybridized carbons (Fsp3) is 0.643. The van der Waals surface area contributed by atoms with Gasteiger partial charge in [0.1, 0.15) is 0 Å². The third kappa shape index (κ3) is 3.18. The van der Waals surface area contributed by atoms with Gasteiger partial charge >= 0.3 is 5.97 Å². The number of aliphatic carboxylic acids is 1. The van der Waals surface area contributed by atoms with Crippen LogP contribution in [0.15, 0.2) is 12.3 Å². The van der Waals surface area contributed by atoms with Crippen molar-refractivity contribution in [2.45, 2.75) is 32.2 Å². The standard InChI is InChI=1S/C14H21N3O3/c1-16(9-10-7-8-17(2)15-10)13(18)11-5-3-4-6-12(11)14(19)20/h7-8,11-12H,3-6,9H2,1-2H3,(H,19,20)/t11-,12-/m0/s1. The van der Waals surface area contributed by atoms with E-state index in [1.165, 1.54) is 0 Å². The van der Waals surface area contributed by atoms with Crippen molar-refractivity contribution in [2.75, 3.05) is 7.05 Å². The van der Waals surface area contributed by atoms with E-state index in [9.17, 15) is 14.7 Å². The summed E-state index contributed by atoms with van der Waals surface area (Å²) in [6, 6.07) is 1.86. The highest BCUT2D eigenvalue weighted by Gasteiger charge is 2.37. The minimum absolute atomic E-state index is 0.0808. The zero-order valence-electron chi connectivity index (χ0n) is 12.0. The number of hydrogen-bond acceptors (Lipinski definition) is 3. The number of carbonyl (C=O) groups excluding carboxylic acids is 1. The lowest BCUT2D eigenvalue weighted by Gasteiger charge is -2.30. The smallest absolute Gasteiger partial charge is 0.307 e. The topological polar surface area (TPSA) is 75.4 Å². The lowest BCUT2D eigenvalue weighted by molar-refractivity contribution is -0.152. The minimum atomic E-state index is -0.853. The highest BCUT2D eigenvalue weighted by molar-refractivity contribution is 5.84. The van der Waals surface area contributed by atoms with Crippen molar-refractivity contribution in [3.63, 3.8) is 0 Å². The molecule has 1 aliphatic carbocycles. The lowest BCUT2D eigenvalue weighted by atomic mass is 9.78. The molecule has 0 aromatic carbocycles. The van der Waals surface area contributed by atoms with E-state index in [-0.39, 0.29) is 5.91 Å². The Bertz CT molecular complexity index is 498. The summed E-state index contributed by atoms with van der Waals surface area (Å²) in [6.07, 6.45) is 4.92. The van der Waals surface area contributed by atoms with E-state index in [1.807, 2.05) is 19.3 Å². The third-order valence-electron chi connectivity index (χ3n) is 3.94. The van der Waals surface area contributed by atoms with E-state index in [1.54, 1.807) is 16.6 Å². The fourth-order valence-electron chi connectivity index (χ4n) is 2.87. The Morgan fingerprint density at radius 3 is 2.60 bits per heavy atom. The van der Waals surface area contributed by atoms with Crippen LogP contribution in [-0.2, 0) is 23.2 Å². The van der Waals surface area contributed by atoms with E-state index in [2.05, 4.69) is 5.10 Å². The van der Waals surface area contributed by atoms with Gasteiger partial charge in [0, 0.05) is 20.3 Å². The van der Waals surface area contributed by atoms with Gasteiger partial charge < -0.3 is 10.0 Å². The van der Waals surface area contributed by atoms with Crippen molar-refractivity contribution in [3.05, 3.63) is 18.0 Å². The van der Waals surface area contributed by atoms with Crippen LogP contribution in [0.25, 0.3) is 0 Å². The molecule has 1 aliphatic rings. The molecule has 1 heterocycles. The summed E-state index contributed by atoms with van der Waals surface area (Å²) in [5.74, 6) is -1.87. The maximum absolute atomic E-state index is 12.5. The van der Waals surface area contributed by atoms with Crippen LogP contribution in [0, 0.1) is 11.8 Å². The Morgan fingerprint density at radius 1 is 1.40 bits per heavy atom. The van der Waals surface area contributed by atoms with Gasteiger partial charge in [-0.1, -0.05) is 12.8 Å². The number of carboxylic acids is 1. The average Bonchev–Trinajstić information content (AvgIpc) is 2.83. The largest absolute Gasteiger partial charge is 0.481 e. The molecule has 20 heavy (non-hydrogen) atoms. The number of carboxylic acid groups (broad SMARTS) is 1. The molecule has 0 saturated heterocycles. The van der Waals surface area contributed by atoms with Crippen LogP contribution in [0.5, 0.6) is 0 Å². The van der Waals surface area contributed by atoms with Crippen molar-refractivity contribution in [1.29, 1.82) is 0 Å². The fourth-order valence-corrected chi connectivity index (χ4v) is 2.87. The molecule has 1 amide bonds. The molecular weight excluding hydrogens is 258 g/mol. The number of carbonyl (C=O) groups is 2. The van der Waals surface area contributed by atoms with Gasteiger partial charge in [0.15, 0.2) is 0 Å². The van der Waals surface area contributed by atoms with Crippen molar-refractivity contribution < 1.29 is 14.7 Å². The average molecular weight is 279 g/mol. The van der Waals surface area contributed by atoms with Crippen molar-refractivity contribution in [3.8, 4) is 0 Å². The molecule has 1 aromatic rings. The first-order valence-corrected chi connectivity index (χ1v) is 6.95. The monoisotopic (exact) mass is 279 g/mol. The maximum atomic E-state index is 12.5. The molecule has 2 rings (SSSR count). The molecule has 1 fully saturated rings. The summed E-state index contributed by atoms with van der Waals surface area (Å²) in [5, 5.41) is 13.5. The van der Waals surface area contributed by atoms with Gasteiger partial charge in [-0.2, -0.15) is 5.10 Å². The summed E-state index contributed by atoms with van der Waals surface area (Å²) in [7, 11) is 3.54. The summed E-state index contributed by atoms with van der Waals surface area (Å²) < 4.78 is 1.69. The highest BCUT2D eigenvalue weighted by atomic mass is 16.4. The molecule has 0 unspecified atom stereocenters. The number of nitrogens with zero attached hydrogens (tertiary/aromatic N) is 3. The van der Waals surface area contributed by atoms with Crippen molar-refractivity contribution in [2.24, 2.45) is 18.9 Å². The van der Waals surface area contributed by atoms with Gasteiger partial charge in [-0.05, 0) is 18.9 Å². The molecular formula is C14H21N3O3. The Balaban J connectivity index is 2.02. The van der Waals surface area contributed by atoms with Crippen LogP contribution >= 0.6 is 0 Å². The molecule has 1 N–H and O–H groups in total. The predicted molar refractivity (Wildman–Crippen MR) is 72.8 cm³/mol. The van der Waals surface area contributed by atoms with E-state index in [0.717, 1.165) is 18.5 Å². The van der Waals surface area contributed by atoms with E-state index < -0.39 is 17.8 Å². The van der Waals surface area contributed by atoms with Crippen LogP contribution in [0.4, 0.5) is 0 Å². The molecule has 6 nitrogen and oxygen atoms in total. The molecule has 2 atom stereocenters. The second-order valence-electron chi connectivity index (χ2n) is 5.51. The van der Waals surface area contributed by atoms with Gasteiger partial charge in [0.05, 0.1) is 24.1 Å². The van der Waals surface area contributed by atoms with Gasteiger partial charge in [-0.15, -0.1) is 0 Å². The summed E-state index contributed by atoms with van der Waals surface area (Å²) in [6.45, 7) is 0.419. The molecule has 6 heteroatoms. The Hall–Kier alpha value is -1.85. The Morgan fingerprint density at radius 2 is 2.05 bits per heavy atom. The summed E-state index contributed by atoms with van der Waals surface area (Å²) in [4.78, 5) is 25.3. The first-order valence-electron chi connectivity index (χ1n) is 6.95. The zero-order valence-corrected chi connectivity index (χ0v) is 12.0. The highest BCUT2D eigenvalue weighted by Crippen LogP contribution is 2.31. The molecule has 0 aliphatic heterocycles. The number of hydrogen-bond donors (Lipinski definition) is 1. The van der Waals surface area contributed by atoms with Crippen LogP contribution < -0.4 is 0 Å². The van der Waals surface area contributed by atoms with Crippen molar-refractivity contribution in [1.82, 2.24) is 14.7 Å². The number of aromatic nitrogens is 2. The molecule has 0 radical (unpaired) electrons. The molecule has 0 bridgehead atoms. The van der Waals surface area contributed by atoms with E-state index >= 15 is 0 Å². The minimum Gasteiger partial charge on any atom is -0.481 e. The Labute approximate surface area is 118 Å².